The van der Waals surface area contributed by atoms with Crippen molar-refractivity contribution >= 4 is 35.2 Å². The molecule has 36 heavy (non-hydrogen) atoms. The minimum Gasteiger partial charge on any atom is -0.497 e. The Hall–Kier alpha value is -3.91. The molecule has 0 fully saturated rings. The van der Waals surface area contributed by atoms with Crippen molar-refractivity contribution < 1.29 is 28.6 Å². The second-order valence-corrected chi connectivity index (χ2v) is 7.97. The Morgan fingerprint density at radius 2 is 1.69 bits per heavy atom. The van der Waals surface area contributed by atoms with E-state index in [1.807, 2.05) is 0 Å². The van der Waals surface area contributed by atoms with E-state index in [2.05, 4.69) is 28.5 Å². The van der Waals surface area contributed by atoms with Crippen LogP contribution in [0.1, 0.15) is 48.0 Å². The van der Waals surface area contributed by atoms with E-state index in [0.29, 0.717) is 48.4 Å². The number of rotatable bonds is 15. The molecule has 2 amide bonds. The minimum atomic E-state index is -0.710. The summed E-state index contributed by atoms with van der Waals surface area (Å²) in [7, 11) is 2.89. The maximum atomic E-state index is 13.0. The van der Waals surface area contributed by atoms with Gasteiger partial charge in [-0.2, -0.15) is 0 Å². The number of hydrogen-bond donors (Lipinski definition) is 2. The Morgan fingerprint density at radius 3 is 2.33 bits per heavy atom. The van der Waals surface area contributed by atoms with Gasteiger partial charge in [0, 0.05) is 12.0 Å². The third-order valence-electron chi connectivity index (χ3n) is 5.38. The number of esters is 1. The summed E-state index contributed by atoms with van der Waals surface area (Å²) in [6.45, 7) is 7.61. The molecule has 0 saturated heterocycles. The maximum absolute atomic E-state index is 13.0. The molecule has 0 heterocycles. The van der Waals surface area contributed by atoms with Gasteiger partial charge in [0.05, 0.1) is 32.2 Å². The summed E-state index contributed by atoms with van der Waals surface area (Å²) in [5.74, 6) is -0.404. The van der Waals surface area contributed by atoms with Crippen LogP contribution in [0, 0.1) is 0 Å². The second kappa shape index (κ2) is 15.2. The molecule has 0 radical (unpaired) electrons. The van der Waals surface area contributed by atoms with E-state index in [1.165, 1.54) is 14.2 Å². The van der Waals surface area contributed by atoms with Gasteiger partial charge >= 0.3 is 5.97 Å². The number of methoxy groups -OCH3 is 2. The number of unbranched alkanes of at least 4 members (excludes halogenated alkanes) is 2. The van der Waals surface area contributed by atoms with Gasteiger partial charge in [-0.1, -0.05) is 43.7 Å². The molecule has 2 aromatic rings. The predicted molar refractivity (Wildman–Crippen MR) is 141 cm³/mol. The van der Waals surface area contributed by atoms with Gasteiger partial charge in [0.25, 0.3) is 11.8 Å². The summed E-state index contributed by atoms with van der Waals surface area (Å²) >= 11 is 0. The lowest BCUT2D eigenvalue weighted by Gasteiger charge is -2.19. The lowest BCUT2D eigenvalue weighted by Crippen LogP contribution is -2.31. The van der Waals surface area contributed by atoms with Crippen molar-refractivity contribution in [2.45, 2.75) is 38.2 Å². The lowest BCUT2D eigenvalue weighted by atomic mass is 10.1. The highest BCUT2D eigenvalue weighted by atomic mass is 16.5. The fourth-order valence-corrected chi connectivity index (χ4v) is 3.45. The zero-order valence-electron chi connectivity index (χ0n) is 20.9. The van der Waals surface area contributed by atoms with Gasteiger partial charge in [-0.15, -0.1) is 6.58 Å². The topological polar surface area (TPSA) is 103 Å². The number of amides is 2. The molecule has 8 nitrogen and oxygen atoms in total. The quantitative estimate of drug-likeness (QED) is 0.200. The zero-order valence-corrected chi connectivity index (χ0v) is 20.9. The van der Waals surface area contributed by atoms with E-state index in [1.54, 1.807) is 54.6 Å². The summed E-state index contributed by atoms with van der Waals surface area (Å²) < 4.78 is 15.6. The van der Waals surface area contributed by atoms with Crippen LogP contribution < -0.4 is 15.4 Å². The fraction of sp³-hybridized carbons (Fsp3) is 0.321. The lowest BCUT2D eigenvalue weighted by molar-refractivity contribution is -0.140. The largest absolute Gasteiger partial charge is 0.497 e. The maximum Gasteiger partial charge on any atom is 0.305 e. The monoisotopic (exact) mass is 494 g/mol. The van der Waals surface area contributed by atoms with Gasteiger partial charge < -0.3 is 24.8 Å². The number of hydrogen-bond acceptors (Lipinski definition) is 6. The first kappa shape index (κ1) is 28.3. The van der Waals surface area contributed by atoms with Gasteiger partial charge in [0.1, 0.15) is 11.9 Å². The van der Waals surface area contributed by atoms with Gasteiger partial charge in [-0.25, -0.2) is 0 Å². The predicted octanol–water partition coefficient (Wildman–Crippen LogP) is 5.22. The Kier molecular flexibility index (Phi) is 11.9. The average Bonchev–Trinajstić information content (AvgIpc) is 2.90. The third-order valence-corrected chi connectivity index (χ3v) is 5.38. The standard InChI is InChI=1S/C28H34N2O6/c1-5-16-36-25(14-8-7-9-15-26(31)35-4)28(33)30-24-13-11-10-12-23(24)29-27(32)21-17-20(6-2)18-22(19-21)34-3/h5-6,10-13,17-19,25H,1-2,7-9,14-16H2,3-4H3,(H,29,32)(H,30,33)/t25-/m0/s1. The summed E-state index contributed by atoms with van der Waals surface area (Å²) in [5.41, 5.74) is 2.03. The van der Waals surface area contributed by atoms with Crippen LogP contribution in [-0.4, -0.2) is 44.7 Å². The van der Waals surface area contributed by atoms with E-state index in [0.717, 1.165) is 12.0 Å². The van der Waals surface area contributed by atoms with Crippen molar-refractivity contribution in [2.75, 3.05) is 31.5 Å². The highest BCUT2D eigenvalue weighted by Crippen LogP contribution is 2.24. The normalized spacial score (nSPS) is 11.2. The van der Waals surface area contributed by atoms with Crippen LogP contribution in [0.4, 0.5) is 11.4 Å². The molecule has 0 spiro atoms. The smallest absolute Gasteiger partial charge is 0.305 e. The van der Waals surface area contributed by atoms with E-state index in [9.17, 15) is 14.4 Å². The molecule has 2 rings (SSSR count). The summed E-state index contributed by atoms with van der Waals surface area (Å²) in [6.07, 6.45) is 5.46. The van der Waals surface area contributed by atoms with Crippen molar-refractivity contribution in [3.05, 3.63) is 72.8 Å². The molecule has 0 bridgehead atoms. The molecule has 8 heteroatoms. The molecular formula is C28H34N2O6. The Balaban J connectivity index is 2.08. The molecule has 0 unspecified atom stereocenters. The Labute approximate surface area is 212 Å². The third kappa shape index (κ3) is 9.03. The number of benzene rings is 2. The van der Waals surface area contributed by atoms with Crippen LogP contribution in [0.5, 0.6) is 5.75 Å². The summed E-state index contributed by atoms with van der Waals surface area (Å²) in [4.78, 5) is 37.2. The highest BCUT2D eigenvalue weighted by molar-refractivity contribution is 6.08. The molecule has 0 aliphatic carbocycles. The van der Waals surface area contributed by atoms with Crippen molar-refractivity contribution in [1.82, 2.24) is 0 Å². The number of para-hydroxylation sites is 2. The summed E-state index contributed by atoms with van der Waals surface area (Å²) in [6, 6.07) is 12.0. The fourth-order valence-electron chi connectivity index (χ4n) is 3.45. The molecule has 2 N–H and O–H groups in total. The molecule has 0 aliphatic rings. The van der Waals surface area contributed by atoms with E-state index < -0.39 is 6.10 Å². The van der Waals surface area contributed by atoms with Crippen molar-refractivity contribution in [3.8, 4) is 5.75 Å². The van der Waals surface area contributed by atoms with E-state index in [-0.39, 0.29) is 24.4 Å². The van der Waals surface area contributed by atoms with Crippen LogP contribution in [-0.2, 0) is 19.1 Å². The Bertz CT molecular complexity index is 1070. The SMILES string of the molecule is C=CCO[C@@H](CCCCCC(=O)OC)C(=O)Nc1ccccc1NC(=O)c1cc(C=C)cc(OC)c1. The number of carbonyl (C=O) groups excluding carboxylic acids is 3. The van der Waals surface area contributed by atoms with Gasteiger partial charge in [0.2, 0.25) is 0 Å². The van der Waals surface area contributed by atoms with Crippen LogP contribution in [0.2, 0.25) is 0 Å². The second-order valence-electron chi connectivity index (χ2n) is 7.97. The van der Waals surface area contributed by atoms with Gasteiger partial charge in [-0.05, 0) is 48.7 Å². The van der Waals surface area contributed by atoms with Crippen LogP contribution >= 0.6 is 0 Å². The van der Waals surface area contributed by atoms with Gasteiger partial charge in [0.15, 0.2) is 0 Å². The van der Waals surface area contributed by atoms with Crippen molar-refractivity contribution in [2.24, 2.45) is 0 Å². The number of ether oxygens (including phenoxy) is 3. The molecule has 0 aromatic heterocycles. The zero-order chi connectivity index (χ0) is 26.3. The van der Waals surface area contributed by atoms with Crippen LogP contribution in [0.15, 0.2) is 61.7 Å². The van der Waals surface area contributed by atoms with Crippen LogP contribution in [0.3, 0.4) is 0 Å². The van der Waals surface area contributed by atoms with E-state index >= 15 is 0 Å². The number of carbonyl (C=O) groups is 3. The molecule has 0 saturated carbocycles. The van der Waals surface area contributed by atoms with Crippen molar-refractivity contribution in [3.63, 3.8) is 0 Å². The minimum absolute atomic E-state index is 0.222. The van der Waals surface area contributed by atoms with Gasteiger partial charge in [-0.3, -0.25) is 14.4 Å². The average molecular weight is 495 g/mol. The molecular weight excluding hydrogens is 460 g/mol. The molecule has 0 aliphatic heterocycles. The first-order valence-corrected chi connectivity index (χ1v) is 11.7. The number of anilines is 2. The first-order valence-electron chi connectivity index (χ1n) is 11.7. The first-order chi connectivity index (χ1) is 17.4. The number of nitrogens with one attached hydrogen (secondary N) is 2. The Morgan fingerprint density at radius 1 is 0.972 bits per heavy atom. The van der Waals surface area contributed by atoms with E-state index in [4.69, 9.17) is 9.47 Å². The highest BCUT2D eigenvalue weighted by Gasteiger charge is 2.20. The van der Waals surface area contributed by atoms with Crippen molar-refractivity contribution in [1.29, 1.82) is 0 Å². The van der Waals surface area contributed by atoms with Crippen LogP contribution in [0.25, 0.3) is 6.08 Å². The summed E-state index contributed by atoms with van der Waals surface area (Å²) in [5, 5.41) is 5.71. The molecule has 192 valence electrons. The molecule has 2 aromatic carbocycles. The molecule has 1 atom stereocenters.